The highest BCUT2D eigenvalue weighted by Gasteiger charge is 2.51. The first kappa shape index (κ1) is 16.0. The van der Waals surface area contributed by atoms with Crippen molar-refractivity contribution in [2.45, 2.75) is 24.8 Å². The predicted octanol–water partition coefficient (Wildman–Crippen LogP) is 3.26. The summed E-state index contributed by atoms with van der Waals surface area (Å²) in [4.78, 5) is 18.9. The molecule has 1 aliphatic carbocycles. The molecule has 1 amide bonds. The van der Waals surface area contributed by atoms with E-state index < -0.39 is 0 Å². The molecule has 0 aliphatic heterocycles. The van der Waals surface area contributed by atoms with Crippen LogP contribution < -0.4 is 10.2 Å². The van der Waals surface area contributed by atoms with Crippen LogP contribution in [0.5, 0.6) is 0 Å². The largest absolute Gasteiger partial charge is 0.363 e. The molecule has 2 aromatic rings. The summed E-state index contributed by atoms with van der Waals surface area (Å²) in [5.74, 6) is 1.00. The highest BCUT2D eigenvalue weighted by molar-refractivity contribution is 9.10. The summed E-state index contributed by atoms with van der Waals surface area (Å²) in [6.45, 7) is 0.526. The minimum absolute atomic E-state index is 0.110. The Bertz CT molecular complexity index is 726. The van der Waals surface area contributed by atoms with Crippen LogP contribution in [0.15, 0.2) is 47.1 Å². The average Bonchev–Trinajstić information content (AvgIpc) is 3.35. The van der Waals surface area contributed by atoms with E-state index in [1.54, 1.807) is 6.20 Å². The minimum Gasteiger partial charge on any atom is -0.363 e. The van der Waals surface area contributed by atoms with Gasteiger partial charge in [0.2, 0.25) is 5.91 Å². The van der Waals surface area contributed by atoms with Gasteiger partial charge in [-0.25, -0.2) is 4.98 Å². The first-order valence-electron chi connectivity index (χ1n) is 7.68. The van der Waals surface area contributed by atoms with Crippen molar-refractivity contribution in [3.05, 3.63) is 58.2 Å². The number of aromatic nitrogens is 1. The standard InChI is InChI=1S/C18H20BrN3O/c1-22(2)16-10-13(6-9-20-16)12-21-17(23)18(7-8-18)14-4-3-5-15(19)11-14/h3-6,9-11H,7-8,12H2,1-2H3,(H,21,23). The van der Waals surface area contributed by atoms with Crippen LogP contribution in [0.2, 0.25) is 0 Å². The summed E-state index contributed by atoms with van der Waals surface area (Å²) in [6, 6.07) is 12.0. The summed E-state index contributed by atoms with van der Waals surface area (Å²) < 4.78 is 1.01. The van der Waals surface area contributed by atoms with E-state index in [9.17, 15) is 4.79 Å². The Kier molecular flexibility index (Phi) is 4.39. The predicted molar refractivity (Wildman–Crippen MR) is 95.5 cm³/mol. The van der Waals surface area contributed by atoms with Crippen LogP contribution in [0.4, 0.5) is 5.82 Å². The lowest BCUT2D eigenvalue weighted by Gasteiger charge is -2.17. The third-order valence-electron chi connectivity index (χ3n) is 4.28. The van der Waals surface area contributed by atoms with Gasteiger partial charge in [0.1, 0.15) is 5.82 Å². The van der Waals surface area contributed by atoms with E-state index >= 15 is 0 Å². The molecule has 3 rings (SSSR count). The Balaban J connectivity index is 1.69. The molecule has 0 unspecified atom stereocenters. The molecule has 0 atom stereocenters. The van der Waals surface area contributed by atoms with E-state index in [4.69, 9.17) is 0 Å². The highest BCUT2D eigenvalue weighted by atomic mass is 79.9. The van der Waals surface area contributed by atoms with Crippen molar-refractivity contribution in [1.29, 1.82) is 0 Å². The maximum Gasteiger partial charge on any atom is 0.230 e. The van der Waals surface area contributed by atoms with Gasteiger partial charge in [0.25, 0.3) is 0 Å². The van der Waals surface area contributed by atoms with Gasteiger partial charge in [-0.3, -0.25) is 4.79 Å². The van der Waals surface area contributed by atoms with E-state index in [1.807, 2.05) is 55.4 Å². The molecule has 1 fully saturated rings. The van der Waals surface area contributed by atoms with Crippen LogP contribution in [0.25, 0.3) is 0 Å². The van der Waals surface area contributed by atoms with E-state index in [-0.39, 0.29) is 11.3 Å². The second-order valence-electron chi connectivity index (χ2n) is 6.19. The van der Waals surface area contributed by atoms with E-state index in [0.29, 0.717) is 6.54 Å². The van der Waals surface area contributed by atoms with Gasteiger partial charge in [-0.1, -0.05) is 28.1 Å². The monoisotopic (exact) mass is 373 g/mol. The molecule has 120 valence electrons. The molecule has 0 radical (unpaired) electrons. The Morgan fingerprint density at radius 1 is 1.30 bits per heavy atom. The maximum atomic E-state index is 12.7. The zero-order valence-corrected chi connectivity index (χ0v) is 14.9. The average molecular weight is 374 g/mol. The smallest absolute Gasteiger partial charge is 0.230 e. The van der Waals surface area contributed by atoms with Crippen molar-refractivity contribution in [1.82, 2.24) is 10.3 Å². The van der Waals surface area contributed by atoms with Crippen molar-refractivity contribution in [2.75, 3.05) is 19.0 Å². The molecular formula is C18H20BrN3O. The Labute approximate surface area is 145 Å². The number of carbonyl (C=O) groups excluding carboxylic acids is 1. The van der Waals surface area contributed by atoms with E-state index in [2.05, 4.69) is 26.2 Å². The van der Waals surface area contributed by atoms with Crippen molar-refractivity contribution in [3.8, 4) is 0 Å². The third-order valence-corrected chi connectivity index (χ3v) is 4.78. The lowest BCUT2D eigenvalue weighted by Crippen LogP contribution is -2.34. The fraction of sp³-hybridized carbons (Fsp3) is 0.333. The second kappa shape index (κ2) is 6.32. The van der Waals surface area contributed by atoms with Gasteiger partial charge >= 0.3 is 0 Å². The number of rotatable bonds is 5. The SMILES string of the molecule is CN(C)c1cc(CNC(=O)C2(c3cccc(Br)c3)CC2)ccn1. The van der Waals surface area contributed by atoms with Crippen LogP contribution in [0.3, 0.4) is 0 Å². The lowest BCUT2D eigenvalue weighted by molar-refractivity contribution is -0.123. The molecule has 1 heterocycles. The molecule has 1 aromatic heterocycles. The number of amides is 1. The Morgan fingerprint density at radius 2 is 2.09 bits per heavy atom. The van der Waals surface area contributed by atoms with Crippen LogP contribution in [-0.2, 0) is 16.8 Å². The van der Waals surface area contributed by atoms with E-state index in [1.165, 1.54) is 0 Å². The third kappa shape index (κ3) is 3.39. The zero-order valence-electron chi connectivity index (χ0n) is 13.3. The Hall–Kier alpha value is -1.88. The van der Waals surface area contributed by atoms with Crippen LogP contribution in [0.1, 0.15) is 24.0 Å². The number of anilines is 1. The van der Waals surface area contributed by atoms with Gasteiger partial charge in [-0.15, -0.1) is 0 Å². The minimum atomic E-state index is -0.346. The number of hydrogen-bond acceptors (Lipinski definition) is 3. The first-order chi connectivity index (χ1) is 11.0. The van der Waals surface area contributed by atoms with Crippen molar-refractivity contribution in [3.63, 3.8) is 0 Å². The lowest BCUT2D eigenvalue weighted by atomic mass is 9.95. The van der Waals surface area contributed by atoms with Gasteiger partial charge in [-0.2, -0.15) is 0 Å². The number of pyridine rings is 1. The molecule has 0 spiro atoms. The number of carbonyl (C=O) groups is 1. The van der Waals surface area contributed by atoms with E-state index in [0.717, 1.165) is 34.3 Å². The molecule has 23 heavy (non-hydrogen) atoms. The summed E-state index contributed by atoms with van der Waals surface area (Å²) in [5, 5.41) is 3.09. The normalized spacial score (nSPS) is 15.1. The molecule has 4 nitrogen and oxygen atoms in total. The number of benzene rings is 1. The zero-order chi connectivity index (χ0) is 16.4. The highest BCUT2D eigenvalue weighted by Crippen LogP contribution is 2.48. The maximum absolute atomic E-state index is 12.7. The van der Waals surface area contributed by atoms with Gasteiger partial charge in [0, 0.05) is 31.3 Å². The molecule has 0 bridgehead atoms. The van der Waals surface area contributed by atoms with Crippen molar-refractivity contribution < 1.29 is 4.79 Å². The number of nitrogens with zero attached hydrogens (tertiary/aromatic N) is 2. The van der Waals surface area contributed by atoms with Crippen LogP contribution >= 0.6 is 15.9 Å². The molecular weight excluding hydrogens is 354 g/mol. The molecule has 1 aromatic carbocycles. The number of nitrogens with one attached hydrogen (secondary N) is 1. The topological polar surface area (TPSA) is 45.2 Å². The summed E-state index contributed by atoms with van der Waals surface area (Å²) in [7, 11) is 3.91. The van der Waals surface area contributed by atoms with Gasteiger partial charge in [0.15, 0.2) is 0 Å². The summed E-state index contributed by atoms with van der Waals surface area (Å²) >= 11 is 3.49. The fourth-order valence-electron chi connectivity index (χ4n) is 2.72. The summed E-state index contributed by atoms with van der Waals surface area (Å²) in [6.07, 6.45) is 3.60. The Morgan fingerprint density at radius 3 is 2.74 bits per heavy atom. The van der Waals surface area contributed by atoms with Crippen LogP contribution in [-0.4, -0.2) is 25.0 Å². The second-order valence-corrected chi connectivity index (χ2v) is 7.11. The quantitative estimate of drug-likeness (QED) is 0.874. The first-order valence-corrected chi connectivity index (χ1v) is 8.47. The molecule has 1 saturated carbocycles. The number of hydrogen-bond donors (Lipinski definition) is 1. The number of halogens is 1. The summed E-state index contributed by atoms with van der Waals surface area (Å²) in [5.41, 5.74) is 1.80. The van der Waals surface area contributed by atoms with Crippen LogP contribution in [0, 0.1) is 0 Å². The molecule has 0 saturated heterocycles. The molecule has 5 heteroatoms. The molecule has 1 aliphatic rings. The van der Waals surface area contributed by atoms with Crippen molar-refractivity contribution in [2.24, 2.45) is 0 Å². The van der Waals surface area contributed by atoms with Gasteiger partial charge in [-0.05, 0) is 48.2 Å². The van der Waals surface area contributed by atoms with Crippen molar-refractivity contribution >= 4 is 27.7 Å². The molecule has 1 N–H and O–H groups in total. The van der Waals surface area contributed by atoms with Gasteiger partial charge in [0.05, 0.1) is 5.41 Å². The van der Waals surface area contributed by atoms with Gasteiger partial charge < -0.3 is 10.2 Å². The fourth-order valence-corrected chi connectivity index (χ4v) is 3.12.